The van der Waals surface area contributed by atoms with E-state index in [0.29, 0.717) is 12.0 Å². The lowest BCUT2D eigenvalue weighted by molar-refractivity contribution is -0.136. The average Bonchev–Trinajstić information content (AvgIpc) is 3.68. The summed E-state index contributed by atoms with van der Waals surface area (Å²) in [6.07, 6.45) is 14.3. The Labute approximate surface area is 212 Å². The molecule has 1 heterocycles. The SMILES string of the molecule is CC1C=C(S(=O)(=O)NCCC(=O)O)C=CC1NC(=O)c1cc(N(CC2CC2)C2CCCCC2)ncn1. The first-order chi connectivity index (χ1) is 17.2. The van der Waals surface area contributed by atoms with Crippen molar-refractivity contribution in [2.45, 2.75) is 70.4 Å². The molecule has 4 rings (SSSR count). The number of hydrogen-bond acceptors (Lipinski definition) is 7. The predicted octanol–water partition coefficient (Wildman–Crippen LogP) is 2.61. The molecule has 1 aromatic rings. The van der Waals surface area contributed by atoms with Crippen LogP contribution >= 0.6 is 0 Å². The minimum atomic E-state index is -3.82. The number of aliphatic carboxylic acids is 1. The van der Waals surface area contributed by atoms with E-state index in [4.69, 9.17) is 5.11 Å². The second-order valence-electron chi connectivity index (χ2n) is 9.98. The number of hydrogen-bond donors (Lipinski definition) is 3. The van der Waals surface area contributed by atoms with E-state index in [1.54, 1.807) is 18.2 Å². The first-order valence-corrected chi connectivity index (χ1v) is 14.2. The highest BCUT2D eigenvalue weighted by Gasteiger charge is 2.31. The molecule has 10 nitrogen and oxygen atoms in total. The van der Waals surface area contributed by atoms with Crippen LogP contribution in [-0.4, -0.2) is 60.5 Å². The molecule has 2 fully saturated rings. The van der Waals surface area contributed by atoms with Crippen LogP contribution in [0.25, 0.3) is 0 Å². The molecule has 1 amide bonds. The smallest absolute Gasteiger partial charge is 0.304 e. The molecule has 0 aromatic carbocycles. The van der Waals surface area contributed by atoms with Crippen molar-refractivity contribution in [3.63, 3.8) is 0 Å². The standard InChI is InChI=1S/C25H35N5O5S/c1-17-13-20(36(34,35)28-12-11-24(31)32)9-10-21(17)29-25(33)22-14-23(27-16-26-22)30(15-18-7-8-18)19-5-3-2-4-6-19/h9-10,13-14,16-19,21,28H,2-8,11-12,15H2,1H3,(H,29,33)(H,31,32). The maximum Gasteiger partial charge on any atom is 0.304 e. The van der Waals surface area contributed by atoms with Gasteiger partial charge in [0.15, 0.2) is 0 Å². The second kappa shape index (κ2) is 11.5. The van der Waals surface area contributed by atoms with Gasteiger partial charge in [0.05, 0.1) is 17.4 Å². The Morgan fingerprint density at radius 1 is 1.14 bits per heavy atom. The number of carboxylic acids is 1. The Morgan fingerprint density at radius 3 is 2.56 bits per heavy atom. The number of anilines is 1. The summed E-state index contributed by atoms with van der Waals surface area (Å²) in [6.45, 7) is 2.59. The molecule has 0 radical (unpaired) electrons. The summed E-state index contributed by atoms with van der Waals surface area (Å²) in [4.78, 5) is 34.9. The van der Waals surface area contributed by atoms with Gasteiger partial charge in [-0.25, -0.2) is 23.1 Å². The number of carbonyl (C=O) groups excluding carboxylic acids is 1. The quantitative estimate of drug-likeness (QED) is 0.407. The Balaban J connectivity index is 1.41. The van der Waals surface area contributed by atoms with Gasteiger partial charge in [0, 0.05) is 25.2 Å². The number of nitrogens with zero attached hydrogens (tertiary/aromatic N) is 3. The molecule has 2 atom stereocenters. The molecule has 36 heavy (non-hydrogen) atoms. The number of carbonyl (C=O) groups is 2. The lowest BCUT2D eigenvalue weighted by Crippen LogP contribution is -2.41. The number of sulfonamides is 1. The third-order valence-electron chi connectivity index (χ3n) is 7.05. The summed E-state index contributed by atoms with van der Waals surface area (Å²) in [6, 6.07) is 1.80. The molecule has 3 aliphatic carbocycles. The van der Waals surface area contributed by atoms with Crippen LogP contribution in [0.15, 0.2) is 35.5 Å². The number of rotatable bonds is 11. The van der Waals surface area contributed by atoms with Crippen molar-refractivity contribution < 1.29 is 23.1 Å². The number of allylic oxidation sites excluding steroid dienone is 1. The van der Waals surface area contributed by atoms with Crippen molar-refractivity contribution in [2.75, 3.05) is 18.0 Å². The van der Waals surface area contributed by atoms with Crippen LogP contribution in [0.3, 0.4) is 0 Å². The number of amides is 1. The van der Waals surface area contributed by atoms with Gasteiger partial charge in [-0.1, -0.05) is 38.3 Å². The van der Waals surface area contributed by atoms with Crippen molar-refractivity contribution in [3.05, 3.63) is 41.2 Å². The van der Waals surface area contributed by atoms with Gasteiger partial charge >= 0.3 is 5.97 Å². The maximum absolute atomic E-state index is 13.1. The monoisotopic (exact) mass is 517 g/mol. The first-order valence-electron chi connectivity index (χ1n) is 12.7. The Kier molecular flexibility index (Phi) is 8.40. The van der Waals surface area contributed by atoms with Crippen LogP contribution in [0.2, 0.25) is 0 Å². The van der Waals surface area contributed by atoms with Crippen LogP contribution in [0, 0.1) is 11.8 Å². The molecule has 1 aromatic heterocycles. The molecule has 0 bridgehead atoms. The molecule has 0 aliphatic heterocycles. The molecule has 196 valence electrons. The van der Waals surface area contributed by atoms with Crippen LogP contribution < -0.4 is 14.9 Å². The van der Waals surface area contributed by atoms with Gasteiger partial charge in [-0.05, 0) is 43.6 Å². The normalized spacial score (nSPS) is 22.6. The summed E-state index contributed by atoms with van der Waals surface area (Å²) in [5.41, 5.74) is 0.287. The van der Waals surface area contributed by atoms with Gasteiger partial charge in [-0.3, -0.25) is 9.59 Å². The van der Waals surface area contributed by atoms with E-state index in [1.807, 2.05) is 6.92 Å². The minimum Gasteiger partial charge on any atom is -0.481 e. The van der Waals surface area contributed by atoms with E-state index >= 15 is 0 Å². The molecule has 2 unspecified atom stereocenters. The fourth-order valence-electron chi connectivity index (χ4n) is 4.78. The lowest BCUT2D eigenvalue weighted by Gasteiger charge is -2.35. The lowest BCUT2D eigenvalue weighted by atomic mass is 9.94. The third-order valence-corrected chi connectivity index (χ3v) is 8.52. The molecule has 3 N–H and O–H groups in total. The average molecular weight is 518 g/mol. The van der Waals surface area contributed by atoms with E-state index < -0.39 is 22.0 Å². The zero-order chi connectivity index (χ0) is 25.7. The van der Waals surface area contributed by atoms with Crippen molar-refractivity contribution >= 4 is 27.7 Å². The topological polar surface area (TPSA) is 142 Å². The largest absolute Gasteiger partial charge is 0.481 e. The molecule has 3 aliphatic rings. The highest BCUT2D eigenvalue weighted by atomic mass is 32.2. The summed E-state index contributed by atoms with van der Waals surface area (Å²) in [5, 5.41) is 11.7. The Hall–Kier alpha value is -2.79. The molecule has 0 spiro atoms. The number of aromatic nitrogens is 2. The van der Waals surface area contributed by atoms with Crippen molar-refractivity contribution in [2.24, 2.45) is 11.8 Å². The molecule has 0 saturated heterocycles. The van der Waals surface area contributed by atoms with Crippen molar-refractivity contribution in [3.8, 4) is 0 Å². The van der Waals surface area contributed by atoms with Gasteiger partial charge in [-0.2, -0.15) is 0 Å². The molecular weight excluding hydrogens is 482 g/mol. The Bertz CT molecular complexity index is 1130. The van der Waals surface area contributed by atoms with Gasteiger partial charge in [0.1, 0.15) is 17.8 Å². The number of nitrogens with one attached hydrogen (secondary N) is 2. The summed E-state index contributed by atoms with van der Waals surface area (Å²) in [7, 11) is -3.82. The zero-order valence-electron chi connectivity index (χ0n) is 20.6. The van der Waals surface area contributed by atoms with Crippen molar-refractivity contribution in [1.82, 2.24) is 20.0 Å². The van der Waals surface area contributed by atoms with Gasteiger partial charge < -0.3 is 15.3 Å². The summed E-state index contributed by atoms with van der Waals surface area (Å²) in [5.74, 6) is -0.219. The predicted molar refractivity (Wildman–Crippen MR) is 136 cm³/mol. The van der Waals surface area contributed by atoms with Crippen LogP contribution in [0.1, 0.15) is 68.8 Å². The molecular formula is C25H35N5O5S. The maximum atomic E-state index is 13.1. The molecule has 11 heteroatoms. The fourth-order valence-corrected chi connectivity index (χ4v) is 5.97. The highest BCUT2D eigenvalue weighted by molar-refractivity contribution is 7.93. The number of carboxylic acid groups (broad SMARTS) is 1. The van der Waals surface area contributed by atoms with Crippen LogP contribution in [-0.2, 0) is 14.8 Å². The summed E-state index contributed by atoms with van der Waals surface area (Å²) >= 11 is 0. The van der Waals surface area contributed by atoms with Crippen LogP contribution in [0.5, 0.6) is 0 Å². The van der Waals surface area contributed by atoms with E-state index in [2.05, 4.69) is 24.9 Å². The third kappa shape index (κ3) is 6.91. The Morgan fingerprint density at radius 2 is 1.89 bits per heavy atom. The van der Waals surface area contributed by atoms with Gasteiger partial charge in [-0.15, -0.1) is 0 Å². The van der Waals surface area contributed by atoms with Crippen LogP contribution in [0.4, 0.5) is 5.82 Å². The zero-order valence-corrected chi connectivity index (χ0v) is 21.4. The van der Waals surface area contributed by atoms with E-state index in [-0.39, 0.29) is 35.4 Å². The first kappa shape index (κ1) is 26.3. The summed E-state index contributed by atoms with van der Waals surface area (Å²) < 4.78 is 27.2. The van der Waals surface area contributed by atoms with Crippen molar-refractivity contribution in [1.29, 1.82) is 0 Å². The second-order valence-corrected chi connectivity index (χ2v) is 11.7. The van der Waals surface area contributed by atoms with E-state index in [0.717, 1.165) is 25.2 Å². The van der Waals surface area contributed by atoms with Gasteiger partial charge in [0.2, 0.25) is 10.0 Å². The fraction of sp³-hybridized carbons (Fsp3) is 0.600. The minimum absolute atomic E-state index is 0.0541. The van der Waals surface area contributed by atoms with E-state index in [9.17, 15) is 18.0 Å². The highest BCUT2D eigenvalue weighted by Crippen LogP contribution is 2.34. The molecule has 2 saturated carbocycles. The van der Waals surface area contributed by atoms with E-state index in [1.165, 1.54) is 44.5 Å². The van der Waals surface area contributed by atoms with Gasteiger partial charge in [0.25, 0.3) is 5.91 Å².